The number of carbonyl (C=O) groups excluding carboxylic acids is 3. The van der Waals surface area contributed by atoms with E-state index in [0.717, 1.165) is 10.5 Å². The highest BCUT2D eigenvalue weighted by molar-refractivity contribution is 7.89. The van der Waals surface area contributed by atoms with Crippen LogP contribution in [0.25, 0.3) is 11.0 Å². The van der Waals surface area contributed by atoms with Crippen LogP contribution in [0, 0.1) is 11.1 Å². The van der Waals surface area contributed by atoms with Crippen LogP contribution in [-0.2, 0) is 19.6 Å². The third kappa shape index (κ3) is 6.55. The van der Waals surface area contributed by atoms with Gasteiger partial charge >= 0.3 is 15.0 Å². The van der Waals surface area contributed by atoms with E-state index in [1.54, 1.807) is 18.2 Å². The van der Waals surface area contributed by atoms with Crippen LogP contribution in [0.5, 0.6) is 0 Å². The van der Waals surface area contributed by atoms with E-state index in [4.69, 9.17) is 0 Å². The average Bonchev–Trinajstić information content (AvgIpc) is 3.09. The number of pyridine rings is 1. The second kappa shape index (κ2) is 11.8. The Morgan fingerprint density at radius 3 is 2.59 bits per heavy atom. The van der Waals surface area contributed by atoms with Crippen molar-refractivity contribution in [2.75, 3.05) is 13.1 Å². The molecule has 1 aliphatic rings. The molecule has 13 heteroatoms. The number of benzene rings is 1. The molecule has 39 heavy (non-hydrogen) atoms. The molecule has 0 saturated carbocycles. The molecule has 1 fully saturated rings. The molecule has 0 spiro atoms. The molecule has 1 aromatic carbocycles. The Kier molecular flexibility index (Phi) is 8.51. The van der Waals surface area contributed by atoms with Gasteiger partial charge in [-0.3, -0.25) is 19.4 Å². The van der Waals surface area contributed by atoms with Crippen molar-refractivity contribution in [2.45, 2.75) is 50.2 Å². The second-order valence-corrected chi connectivity index (χ2v) is 11.7. The molecular formula is C26H30N6O6S. The number of hydrogen-bond acceptors (Lipinski definition) is 8. The van der Waals surface area contributed by atoms with Gasteiger partial charge in [0, 0.05) is 18.7 Å². The third-order valence-corrected chi connectivity index (χ3v) is 8.18. The Bertz CT molecular complexity index is 1500. The average molecular weight is 555 g/mol. The molecule has 2 N–H and O–H groups in total. The number of ketones is 1. The highest BCUT2D eigenvalue weighted by Crippen LogP contribution is 2.18. The van der Waals surface area contributed by atoms with Crippen LogP contribution in [0.3, 0.4) is 0 Å². The maximum atomic E-state index is 13.2. The van der Waals surface area contributed by atoms with Gasteiger partial charge in [-0.15, -0.1) is 0 Å². The third-order valence-electron chi connectivity index (χ3n) is 6.34. The minimum absolute atomic E-state index is 0.0160. The van der Waals surface area contributed by atoms with Crippen molar-refractivity contribution in [3.8, 4) is 0 Å². The van der Waals surface area contributed by atoms with Crippen molar-refractivity contribution in [1.29, 1.82) is 0 Å². The fraction of sp³-hybridized carbons (Fsp3) is 0.385. The predicted molar refractivity (Wildman–Crippen MR) is 141 cm³/mol. The number of fused-ring (bicyclic) bond motifs is 1. The molecule has 206 valence electrons. The van der Waals surface area contributed by atoms with Gasteiger partial charge in [-0.2, -0.15) is 9.04 Å². The number of Topliss-reactive ketones (excluding diaryl/α,β-unsaturated/α-hetero) is 1. The molecule has 3 aromatic rings. The van der Waals surface area contributed by atoms with Crippen LogP contribution in [-0.4, -0.2) is 65.5 Å². The Morgan fingerprint density at radius 2 is 1.87 bits per heavy atom. The van der Waals surface area contributed by atoms with Crippen molar-refractivity contribution in [3.63, 3.8) is 0 Å². The van der Waals surface area contributed by atoms with E-state index < -0.39 is 51.3 Å². The molecule has 0 bridgehead atoms. The van der Waals surface area contributed by atoms with Gasteiger partial charge in [0.1, 0.15) is 11.7 Å². The van der Waals surface area contributed by atoms with E-state index in [1.165, 1.54) is 24.4 Å². The zero-order valence-electron chi connectivity index (χ0n) is 21.6. The van der Waals surface area contributed by atoms with Crippen molar-refractivity contribution in [2.24, 2.45) is 5.92 Å². The number of para-hydroxylation sites is 2. The van der Waals surface area contributed by atoms with E-state index in [2.05, 4.69) is 20.6 Å². The summed E-state index contributed by atoms with van der Waals surface area (Å²) >= 11 is 0. The number of nitrogens with zero attached hydrogens (tertiary/aromatic N) is 4. The van der Waals surface area contributed by atoms with Crippen molar-refractivity contribution >= 4 is 38.7 Å². The van der Waals surface area contributed by atoms with Crippen molar-refractivity contribution in [3.05, 3.63) is 65.8 Å². The van der Waals surface area contributed by atoms with E-state index in [-0.39, 0.29) is 35.7 Å². The van der Waals surface area contributed by atoms with Crippen LogP contribution in [0.1, 0.15) is 43.6 Å². The molecule has 0 radical (unpaired) electrons. The molecule has 2 amide bonds. The number of aromatic nitrogens is 3. The predicted octanol–water partition coefficient (Wildman–Crippen LogP) is 0.946. The SMILES string of the molecule is CC(C)C[C@H](NC(=O)c1cnc2ccccc2n1)C(=O)NC1CCCN(S(=O)(=O)c2cccc[n+]2[O-])CC1=O. The van der Waals surface area contributed by atoms with Gasteiger partial charge in [0.25, 0.3) is 5.91 Å². The fourth-order valence-electron chi connectivity index (χ4n) is 4.37. The monoisotopic (exact) mass is 554 g/mol. The van der Waals surface area contributed by atoms with Gasteiger partial charge in [0.15, 0.2) is 12.0 Å². The van der Waals surface area contributed by atoms with E-state index in [9.17, 15) is 28.0 Å². The number of carbonyl (C=O) groups is 3. The largest absolute Gasteiger partial charge is 0.618 e. The summed E-state index contributed by atoms with van der Waals surface area (Å²) in [5, 5.41) is 17.0. The Morgan fingerprint density at radius 1 is 1.15 bits per heavy atom. The summed E-state index contributed by atoms with van der Waals surface area (Å²) < 4.78 is 27.2. The van der Waals surface area contributed by atoms with Gasteiger partial charge < -0.3 is 15.8 Å². The first-order valence-corrected chi connectivity index (χ1v) is 14.0. The van der Waals surface area contributed by atoms with Gasteiger partial charge in [-0.25, -0.2) is 13.4 Å². The van der Waals surface area contributed by atoms with Crippen LogP contribution in [0.2, 0.25) is 0 Å². The molecule has 1 saturated heterocycles. The van der Waals surface area contributed by atoms with Crippen LogP contribution in [0.15, 0.2) is 59.9 Å². The minimum Gasteiger partial charge on any atom is -0.618 e. The summed E-state index contributed by atoms with van der Waals surface area (Å²) in [7, 11) is -4.21. The number of amides is 2. The van der Waals surface area contributed by atoms with Gasteiger partial charge in [-0.1, -0.05) is 26.0 Å². The molecule has 3 heterocycles. The van der Waals surface area contributed by atoms with Gasteiger partial charge in [-0.05, 0) is 43.4 Å². The molecule has 1 unspecified atom stereocenters. The topological polar surface area (TPSA) is 165 Å². The number of sulfonamides is 1. The first kappa shape index (κ1) is 28.0. The molecule has 2 atom stereocenters. The fourth-order valence-corrected chi connectivity index (χ4v) is 5.84. The second-order valence-electron chi connectivity index (χ2n) is 9.77. The first-order valence-electron chi connectivity index (χ1n) is 12.6. The van der Waals surface area contributed by atoms with Crippen LogP contribution in [0.4, 0.5) is 0 Å². The Balaban J connectivity index is 1.45. The highest BCUT2D eigenvalue weighted by atomic mass is 32.2. The molecule has 1 aliphatic heterocycles. The minimum atomic E-state index is -4.21. The highest BCUT2D eigenvalue weighted by Gasteiger charge is 2.37. The number of rotatable bonds is 8. The molecular weight excluding hydrogens is 524 g/mol. The normalized spacial score (nSPS) is 17.5. The summed E-state index contributed by atoms with van der Waals surface area (Å²) in [5.41, 5.74) is 1.22. The lowest BCUT2D eigenvalue weighted by Gasteiger charge is -2.23. The summed E-state index contributed by atoms with van der Waals surface area (Å²) in [6.07, 6.45) is 3.21. The molecule has 4 rings (SSSR count). The number of nitrogens with one attached hydrogen (secondary N) is 2. The molecule has 12 nitrogen and oxygen atoms in total. The standard InChI is InChI=1S/C26H30N6O6S/c1-17(2)14-21(30-26(35)22-15-27-18-8-3-4-9-19(18)28-22)25(34)29-20-10-7-12-31(16-23(20)33)39(37,38)24-11-5-6-13-32(24)36/h3-6,8-9,11,13,15,17,20-21H,7,10,12,14,16H2,1-2H3,(H,29,34)(H,30,35)/t20?,21-/m0/s1. The quantitative estimate of drug-likeness (QED) is 0.307. The maximum Gasteiger partial charge on any atom is 0.323 e. The van der Waals surface area contributed by atoms with E-state index in [0.29, 0.717) is 17.5 Å². The van der Waals surface area contributed by atoms with Crippen molar-refractivity contribution in [1.82, 2.24) is 24.9 Å². The van der Waals surface area contributed by atoms with Gasteiger partial charge in [0.2, 0.25) is 5.91 Å². The smallest absolute Gasteiger partial charge is 0.323 e. The molecule has 2 aromatic heterocycles. The van der Waals surface area contributed by atoms with Crippen LogP contribution >= 0.6 is 0 Å². The summed E-state index contributed by atoms with van der Waals surface area (Å²) in [6.45, 7) is 3.32. The lowest BCUT2D eigenvalue weighted by Crippen LogP contribution is -2.53. The lowest BCUT2D eigenvalue weighted by molar-refractivity contribution is -0.646. The summed E-state index contributed by atoms with van der Waals surface area (Å²) in [5.74, 6) is -1.60. The Labute approximate surface area is 226 Å². The Hall–Kier alpha value is -3.97. The van der Waals surface area contributed by atoms with Gasteiger partial charge in [0.05, 0.1) is 29.8 Å². The van der Waals surface area contributed by atoms with E-state index in [1.807, 2.05) is 19.9 Å². The van der Waals surface area contributed by atoms with Crippen LogP contribution < -0.4 is 15.4 Å². The first-order chi connectivity index (χ1) is 18.6. The zero-order chi connectivity index (χ0) is 28.2. The number of hydrogen-bond donors (Lipinski definition) is 2. The summed E-state index contributed by atoms with van der Waals surface area (Å²) in [4.78, 5) is 47.8. The summed E-state index contributed by atoms with van der Waals surface area (Å²) in [6, 6.07) is 9.20. The molecule has 0 aliphatic carbocycles. The van der Waals surface area contributed by atoms with Crippen molar-refractivity contribution < 1.29 is 27.5 Å². The van der Waals surface area contributed by atoms with E-state index >= 15 is 0 Å². The lowest BCUT2D eigenvalue weighted by atomic mass is 10.0. The maximum absolute atomic E-state index is 13.2. The zero-order valence-corrected chi connectivity index (χ0v) is 22.4.